The lowest BCUT2D eigenvalue weighted by Crippen LogP contribution is -2.37. The molecule has 15 heavy (non-hydrogen) atoms. The molecule has 0 aliphatic carbocycles. The zero-order valence-electron chi connectivity index (χ0n) is 9.48. The normalized spacial score (nSPS) is 23.1. The summed E-state index contributed by atoms with van der Waals surface area (Å²) in [5, 5.41) is 9.09. The maximum Gasteiger partial charge on any atom is 0.222 e. The lowest BCUT2D eigenvalue weighted by molar-refractivity contribution is -0.132. The van der Waals surface area contributed by atoms with E-state index in [4.69, 9.17) is 10.8 Å². The first-order chi connectivity index (χ1) is 7.15. The van der Waals surface area contributed by atoms with Gasteiger partial charge in [0.05, 0.1) is 12.6 Å². The molecule has 1 amide bonds. The van der Waals surface area contributed by atoms with Gasteiger partial charge < -0.3 is 15.7 Å². The summed E-state index contributed by atoms with van der Waals surface area (Å²) in [6.45, 7) is 2.86. The molecule has 0 bridgehead atoms. The van der Waals surface area contributed by atoms with Crippen molar-refractivity contribution in [3.05, 3.63) is 0 Å². The number of rotatable bonds is 5. The molecule has 2 atom stereocenters. The van der Waals surface area contributed by atoms with Crippen molar-refractivity contribution in [3.63, 3.8) is 0 Å². The van der Waals surface area contributed by atoms with Gasteiger partial charge >= 0.3 is 0 Å². The van der Waals surface area contributed by atoms with Crippen molar-refractivity contribution >= 4 is 5.91 Å². The first-order valence-electron chi connectivity index (χ1n) is 5.81. The Hall–Kier alpha value is -0.610. The predicted molar refractivity (Wildman–Crippen MR) is 59.3 cm³/mol. The Bertz CT molecular complexity index is 207. The number of amides is 1. The Morgan fingerprint density at radius 2 is 2.40 bits per heavy atom. The molecule has 0 spiro atoms. The molecular weight excluding hydrogens is 192 g/mol. The Labute approximate surface area is 91.4 Å². The number of carbonyl (C=O) groups is 1. The van der Waals surface area contributed by atoms with Crippen molar-refractivity contribution in [3.8, 4) is 0 Å². The van der Waals surface area contributed by atoms with E-state index in [1.54, 1.807) is 0 Å². The Kier molecular flexibility index (Phi) is 5.05. The maximum absolute atomic E-state index is 11.8. The van der Waals surface area contributed by atoms with E-state index in [1.165, 1.54) is 0 Å². The van der Waals surface area contributed by atoms with E-state index in [0.717, 1.165) is 32.2 Å². The fraction of sp³-hybridized carbons (Fsp3) is 0.909. The second-order valence-electron chi connectivity index (χ2n) is 4.44. The third-order valence-corrected chi connectivity index (χ3v) is 2.96. The summed E-state index contributed by atoms with van der Waals surface area (Å²) in [6, 6.07) is 0.234. The molecular formula is C11H22N2O2. The van der Waals surface area contributed by atoms with Gasteiger partial charge in [-0.15, -0.1) is 0 Å². The van der Waals surface area contributed by atoms with E-state index in [9.17, 15) is 4.79 Å². The van der Waals surface area contributed by atoms with Gasteiger partial charge in [-0.2, -0.15) is 0 Å². The minimum absolute atomic E-state index is 0.0628. The van der Waals surface area contributed by atoms with E-state index < -0.39 is 0 Å². The monoisotopic (exact) mass is 214 g/mol. The zero-order valence-corrected chi connectivity index (χ0v) is 9.48. The van der Waals surface area contributed by atoms with Gasteiger partial charge in [0.25, 0.3) is 0 Å². The summed E-state index contributed by atoms with van der Waals surface area (Å²) in [7, 11) is 0. The van der Waals surface area contributed by atoms with Crippen molar-refractivity contribution < 1.29 is 9.90 Å². The fourth-order valence-corrected chi connectivity index (χ4v) is 2.07. The molecule has 1 rings (SSSR count). The number of hydrogen-bond acceptors (Lipinski definition) is 3. The average Bonchev–Trinajstić information content (AvgIpc) is 2.64. The number of likely N-dealkylation sites (tertiary alicyclic amines) is 1. The van der Waals surface area contributed by atoms with Gasteiger partial charge in [-0.1, -0.05) is 0 Å². The zero-order chi connectivity index (χ0) is 11.3. The van der Waals surface area contributed by atoms with Crippen LogP contribution in [-0.2, 0) is 4.79 Å². The highest BCUT2D eigenvalue weighted by molar-refractivity contribution is 5.76. The highest BCUT2D eigenvalue weighted by Crippen LogP contribution is 2.18. The highest BCUT2D eigenvalue weighted by Gasteiger charge is 2.27. The van der Waals surface area contributed by atoms with Crippen LogP contribution in [0.1, 0.15) is 39.0 Å². The topological polar surface area (TPSA) is 66.6 Å². The van der Waals surface area contributed by atoms with E-state index in [0.29, 0.717) is 6.42 Å². The van der Waals surface area contributed by atoms with Crippen LogP contribution in [0.2, 0.25) is 0 Å². The van der Waals surface area contributed by atoms with Crippen molar-refractivity contribution in [1.82, 2.24) is 4.90 Å². The minimum atomic E-state index is 0.0628. The van der Waals surface area contributed by atoms with Crippen LogP contribution in [-0.4, -0.2) is 41.1 Å². The maximum atomic E-state index is 11.8. The molecule has 88 valence electrons. The van der Waals surface area contributed by atoms with E-state index >= 15 is 0 Å². The molecule has 1 aliphatic heterocycles. The first kappa shape index (κ1) is 12.5. The third-order valence-electron chi connectivity index (χ3n) is 2.96. The Morgan fingerprint density at radius 3 is 3.00 bits per heavy atom. The summed E-state index contributed by atoms with van der Waals surface area (Å²) in [5.74, 6) is 0.173. The van der Waals surface area contributed by atoms with Crippen LogP contribution >= 0.6 is 0 Å². The fourth-order valence-electron chi connectivity index (χ4n) is 2.07. The molecule has 1 aliphatic rings. The molecule has 0 aromatic heterocycles. The number of hydrogen-bond donors (Lipinski definition) is 2. The first-order valence-corrected chi connectivity index (χ1v) is 5.81. The largest absolute Gasteiger partial charge is 0.394 e. The summed E-state index contributed by atoms with van der Waals surface area (Å²) in [4.78, 5) is 13.6. The van der Waals surface area contributed by atoms with Crippen molar-refractivity contribution in [2.75, 3.05) is 13.2 Å². The summed E-state index contributed by atoms with van der Waals surface area (Å²) >= 11 is 0. The number of aliphatic hydroxyl groups is 1. The summed E-state index contributed by atoms with van der Waals surface area (Å²) in [6.07, 6.45) is 4.27. The standard InChI is InChI=1S/C11H22N2O2/c1-9(12)4-2-6-11(15)13-7-3-5-10(13)8-14/h9-10,14H,2-8,12H2,1H3/t9?,10-/m0/s1. The summed E-state index contributed by atoms with van der Waals surface area (Å²) < 4.78 is 0. The van der Waals surface area contributed by atoms with Crippen molar-refractivity contribution in [2.45, 2.75) is 51.1 Å². The average molecular weight is 214 g/mol. The molecule has 0 aromatic carbocycles. The molecule has 0 radical (unpaired) electrons. The van der Waals surface area contributed by atoms with Crippen LogP contribution in [0.3, 0.4) is 0 Å². The number of nitrogens with two attached hydrogens (primary N) is 1. The third kappa shape index (κ3) is 3.80. The van der Waals surface area contributed by atoms with Gasteiger partial charge in [-0.05, 0) is 32.6 Å². The van der Waals surface area contributed by atoms with Gasteiger partial charge in [-0.3, -0.25) is 4.79 Å². The van der Waals surface area contributed by atoms with Crippen LogP contribution in [0.4, 0.5) is 0 Å². The second kappa shape index (κ2) is 6.08. The summed E-state index contributed by atoms with van der Waals surface area (Å²) in [5.41, 5.74) is 5.62. The van der Waals surface area contributed by atoms with Crippen LogP contribution in [0.25, 0.3) is 0 Å². The Morgan fingerprint density at radius 1 is 1.67 bits per heavy atom. The molecule has 0 aromatic rings. The van der Waals surface area contributed by atoms with Crippen molar-refractivity contribution in [1.29, 1.82) is 0 Å². The lowest BCUT2D eigenvalue weighted by Gasteiger charge is -2.23. The predicted octanol–water partition coefficient (Wildman–Crippen LogP) is 0.487. The molecule has 1 heterocycles. The van der Waals surface area contributed by atoms with E-state index in [-0.39, 0.29) is 24.6 Å². The van der Waals surface area contributed by atoms with Gasteiger partial charge in [0.2, 0.25) is 5.91 Å². The molecule has 1 saturated heterocycles. The van der Waals surface area contributed by atoms with Crippen LogP contribution in [0.15, 0.2) is 0 Å². The van der Waals surface area contributed by atoms with E-state index in [1.807, 2.05) is 11.8 Å². The van der Waals surface area contributed by atoms with Gasteiger partial charge in [0.1, 0.15) is 0 Å². The quantitative estimate of drug-likeness (QED) is 0.700. The molecule has 4 heteroatoms. The van der Waals surface area contributed by atoms with Crippen LogP contribution in [0.5, 0.6) is 0 Å². The number of nitrogens with zero attached hydrogens (tertiary/aromatic N) is 1. The van der Waals surface area contributed by atoms with Crippen LogP contribution < -0.4 is 5.73 Å². The molecule has 1 fully saturated rings. The minimum Gasteiger partial charge on any atom is -0.394 e. The van der Waals surface area contributed by atoms with E-state index in [2.05, 4.69) is 0 Å². The molecule has 0 saturated carbocycles. The number of carbonyl (C=O) groups excluding carboxylic acids is 1. The SMILES string of the molecule is CC(N)CCCC(=O)N1CCC[C@H]1CO. The molecule has 3 N–H and O–H groups in total. The van der Waals surface area contributed by atoms with Gasteiger partial charge in [-0.25, -0.2) is 0 Å². The lowest BCUT2D eigenvalue weighted by atomic mass is 10.1. The second-order valence-corrected chi connectivity index (χ2v) is 4.44. The van der Waals surface area contributed by atoms with Gasteiger partial charge in [0, 0.05) is 19.0 Å². The van der Waals surface area contributed by atoms with Crippen LogP contribution in [0, 0.1) is 0 Å². The molecule has 1 unspecified atom stereocenters. The smallest absolute Gasteiger partial charge is 0.222 e. The van der Waals surface area contributed by atoms with Crippen molar-refractivity contribution in [2.24, 2.45) is 5.73 Å². The Balaban J connectivity index is 2.27. The number of aliphatic hydroxyl groups excluding tert-OH is 1. The van der Waals surface area contributed by atoms with Gasteiger partial charge in [0.15, 0.2) is 0 Å². The highest BCUT2D eigenvalue weighted by atomic mass is 16.3. The molecule has 4 nitrogen and oxygen atoms in total.